The third kappa shape index (κ3) is 2.66. The van der Waals surface area contributed by atoms with Gasteiger partial charge in [-0.3, -0.25) is 9.59 Å². The number of anilines is 2. The molecule has 8 heteroatoms. The summed E-state index contributed by atoms with van der Waals surface area (Å²) >= 11 is 12.9. The van der Waals surface area contributed by atoms with E-state index in [0.717, 1.165) is 0 Å². The lowest BCUT2D eigenvalue weighted by molar-refractivity contribution is -0.126. The van der Waals surface area contributed by atoms with Crippen molar-refractivity contribution in [1.29, 1.82) is 0 Å². The number of hydrogen-bond donors (Lipinski definition) is 0. The van der Waals surface area contributed by atoms with E-state index in [9.17, 15) is 9.59 Å². The van der Waals surface area contributed by atoms with Gasteiger partial charge in [-0.05, 0) is 55.8 Å². The number of hydrazone groups is 2. The maximum absolute atomic E-state index is 14.3. The minimum Gasteiger partial charge on any atom is -0.271 e. The van der Waals surface area contributed by atoms with Crippen LogP contribution in [0.2, 0.25) is 10.0 Å². The summed E-state index contributed by atoms with van der Waals surface area (Å²) in [5.74, 6) is -1.11. The van der Waals surface area contributed by atoms with Crippen LogP contribution in [0, 0.1) is 10.8 Å². The van der Waals surface area contributed by atoms with Crippen LogP contribution < -0.4 is 10.0 Å². The van der Waals surface area contributed by atoms with Crippen LogP contribution in [0.1, 0.15) is 25.3 Å². The predicted octanol–water partition coefficient (Wildman–Crippen LogP) is 5.91. The summed E-state index contributed by atoms with van der Waals surface area (Å²) in [6.45, 7) is 3.61. The SMILES string of the molecule is CC1=NN(c2ccccc2)C(=O)[C@@]12C(c1ccc(Cl)cc1Cl)[C@]21C(=O)N(c2ccccc2)N=C1C. The molecule has 0 radical (unpaired) electrons. The molecule has 1 unspecified atom stereocenters. The minimum absolute atomic E-state index is 0.268. The van der Waals surface area contributed by atoms with Crippen LogP contribution in [-0.4, -0.2) is 23.2 Å². The van der Waals surface area contributed by atoms with Gasteiger partial charge in [0.1, 0.15) is 10.8 Å². The molecule has 3 aliphatic rings. The molecule has 0 saturated heterocycles. The molecule has 1 saturated carbocycles. The molecule has 2 spiro atoms. The maximum Gasteiger partial charge on any atom is 0.261 e. The van der Waals surface area contributed by atoms with Crippen molar-refractivity contribution in [3.63, 3.8) is 0 Å². The summed E-state index contributed by atoms with van der Waals surface area (Å²) in [6.07, 6.45) is 0. The van der Waals surface area contributed by atoms with Gasteiger partial charge in [0.2, 0.25) is 0 Å². The molecule has 3 aromatic carbocycles. The normalized spacial score (nSPS) is 27.1. The number of benzene rings is 3. The van der Waals surface area contributed by atoms with Gasteiger partial charge in [0.25, 0.3) is 11.8 Å². The standard InChI is InChI=1S/C27H20Cl2N4O2/c1-16-26(24(34)32(30-16)19-9-5-3-6-10-19)23(21-14-13-18(28)15-22(21)29)27(26)17(2)31-33(25(27)35)20-11-7-4-8-12-20/h3-15,23H,1-2H3/t23?,26-,27+. The first-order valence-electron chi connectivity index (χ1n) is 11.2. The Kier molecular flexibility index (Phi) is 4.72. The fourth-order valence-electron chi connectivity index (χ4n) is 5.93. The summed E-state index contributed by atoms with van der Waals surface area (Å²) in [4.78, 5) is 28.5. The number of rotatable bonds is 3. The van der Waals surface area contributed by atoms with E-state index in [0.29, 0.717) is 38.4 Å². The molecule has 1 fully saturated rings. The second-order valence-corrected chi connectivity index (χ2v) is 9.83. The summed E-state index contributed by atoms with van der Waals surface area (Å²) in [5, 5.41) is 13.0. The van der Waals surface area contributed by atoms with E-state index in [1.54, 1.807) is 32.0 Å². The summed E-state index contributed by atoms with van der Waals surface area (Å²) < 4.78 is 0. The fourth-order valence-corrected chi connectivity index (χ4v) is 6.45. The van der Waals surface area contributed by atoms with Gasteiger partial charge in [-0.25, -0.2) is 0 Å². The summed E-state index contributed by atoms with van der Waals surface area (Å²) in [5.41, 5.74) is 0.573. The lowest BCUT2D eigenvalue weighted by Crippen LogP contribution is -2.40. The zero-order valence-corrected chi connectivity index (χ0v) is 20.5. The number of fused-ring (bicyclic) bond motifs is 1. The Morgan fingerprint density at radius 3 is 1.60 bits per heavy atom. The van der Waals surface area contributed by atoms with Gasteiger partial charge >= 0.3 is 0 Å². The van der Waals surface area contributed by atoms with Gasteiger partial charge in [-0.15, -0.1) is 0 Å². The fraction of sp³-hybridized carbons (Fsp3) is 0.185. The number of para-hydroxylation sites is 2. The molecule has 35 heavy (non-hydrogen) atoms. The Bertz CT molecular complexity index is 1370. The highest BCUT2D eigenvalue weighted by Gasteiger charge is 2.91. The zero-order valence-electron chi connectivity index (χ0n) is 18.9. The van der Waals surface area contributed by atoms with E-state index >= 15 is 0 Å². The molecular weight excluding hydrogens is 483 g/mol. The van der Waals surface area contributed by atoms with Gasteiger partial charge in [-0.1, -0.05) is 65.7 Å². The molecule has 2 heterocycles. The van der Waals surface area contributed by atoms with Gasteiger partial charge < -0.3 is 0 Å². The van der Waals surface area contributed by atoms with E-state index in [-0.39, 0.29) is 11.8 Å². The number of amides is 2. The second kappa shape index (κ2) is 7.51. The largest absolute Gasteiger partial charge is 0.271 e. The molecule has 2 aliphatic heterocycles. The molecule has 1 aliphatic carbocycles. The first-order valence-corrected chi connectivity index (χ1v) is 12.0. The monoisotopic (exact) mass is 502 g/mol. The number of hydrogen-bond acceptors (Lipinski definition) is 4. The Hall–Kier alpha value is -3.48. The van der Waals surface area contributed by atoms with Gasteiger partial charge in [0.15, 0.2) is 0 Å². The van der Waals surface area contributed by atoms with Crippen molar-refractivity contribution in [1.82, 2.24) is 0 Å². The predicted molar refractivity (Wildman–Crippen MR) is 138 cm³/mol. The lowest BCUT2D eigenvalue weighted by Gasteiger charge is -2.18. The molecular formula is C27H20Cl2N4O2. The molecule has 0 N–H and O–H groups in total. The van der Waals surface area contributed by atoms with Gasteiger partial charge in [-0.2, -0.15) is 20.2 Å². The number of nitrogens with zero attached hydrogens (tertiary/aromatic N) is 4. The quantitative estimate of drug-likeness (QED) is 0.446. The third-order valence-corrected chi connectivity index (χ3v) is 7.94. The zero-order chi connectivity index (χ0) is 24.5. The van der Waals surface area contributed by atoms with Crippen LogP contribution in [0.25, 0.3) is 0 Å². The maximum atomic E-state index is 14.3. The van der Waals surface area contributed by atoms with Gasteiger partial charge in [0.05, 0.1) is 22.8 Å². The van der Waals surface area contributed by atoms with Crippen molar-refractivity contribution in [2.45, 2.75) is 19.8 Å². The average molecular weight is 503 g/mol. The van der Waals surface area contributed by atoms with Crippen LogP contribution in [0.3, 0.4) is 0 Å². The van der Waals surface area contributed by atoms with Crippen molar-refractivity contribution in [2.24, 2.45) is 21.0 Å². The molecule has 0 aromatic heterocycles. The van der Waals surface area contributed by atoms with E-state index in [1.807, 2.05) is 60.7 Å². The van der Waals surface area contributed by atoms with E-state index < -0.39 is 16.7 Å². The molecule has 174 valence electrons. The van der Waals surface area contributed by atoms with E-state index in [2.05, 4.69) is 10.2 Å². The molecule has 3 aromatic rings. The molecule has 3 atom stereocenters. The smallest absolute Gasteiger partial charge is 0.261 e. The van der Waals surface area contributed by atoms with Crippen LogP contribution in [-0.2, 0) is 9.59 Å². The van der Waals surface area contributed by atoms with Crippen LogP contribution >= 0.6 is 23.2 Å². The third-order valence-electron chi connectivity index (χ3n) is 7.38. The van der Waals surface area contributed by atoms with Crippen molar-refractivity contribution in [3.05, 3.63) is 94.5 Å². The molecule has 6 nitrogen and oxygen atoms in total. The molecule has 0 bridgehead atoms. The lowest BCUT2D eigenvalue weighted by atomic mass is 9.85. The van der Waals surface area contributed by atoms with E-state index in [1.165, 1.54) is 10.0 Å². The number of carbonyl (C=O) groups excluding carboxylic acids is 2. The van der Waals surface area contributed by atoms with Crippen molar-refractivity contribution < 1.29 is 9.59 Å². The number of carbonyl (C=O) groups is 2. The van der Waals surface area contributed by atoms with Crippen LogP contribution in [0.4, 0.5) is 11.4 Å². The number of halogens is 2. The topological polar surface area (TPSA) is 65.3 Å². The van der Waals surface area contributed by atoms with Crippen LogP contribution in [0.15, 0.2) is 89.1 Å². The molecule has 2 amide bonds. The average Bonchev–Trinajstić information content (AvgIpc) is 3.32. The summed E-state index contributed by atoms with van der Waals surface area (Å²) in [7, 11) is 0. The minimum atomic E-state index is -1.24. The van der Waals surface area contributed by atoms with Crippen molar-refractivity contribution >= 4 is 57.8 Å². The second-order valence-electron chi connectivity index (χ2n) is 8.99. The van der Waals surface area contributed by atoms with Crippen LogP contribution in [0.5, 0.6) is 0 Å². The summed E-state index contributed by atoms with van der Waals surface area (Å²) in [6, 6.07) is 23.6. The Morgan fingerprint density at radius 2 is 1.17 bits per heavy atom. The Balaban J connectivity index is 1.56. The first-order chi connectivity index (χ1) is 16.8. The first kappa shape index (κ1) is 22.0. The Labute approximate surface area is 212 Å². The Morgan fingerprint density at radius 1 is 0.714 bits per heavy atom. The highest BCUT2D eigenvalue weighted by Crippen LogP contribution is 2.79. The van der Waals surface area contributed by atoms with E-state index in [4.69, 9.17) is 23.2 Å². The van der Waals surface area contributed by atoms with Crippen molar-refractivity contribution in [3.8, 4) is 0 Å². The highest BCUT2D eigenvalue weighted by molar-refractivity contribution is 6.39. The molecule has 6 rings (SSSR count). The van der Waals surface area contributed by atoms with Gasteiger partial charge in [0, 0.05) is 16.0 Å². The highest BCUT2D eigenvalue weighted by atomic mass is 35.5. The van der Waals surface area contributed by atoms with Crippen molar-refractivity contribution in [2.75, 3.05) is 10.0 Å².